The number of nitrogens with zero attached hydrogens (tertiary/aromatic N) is 2. The van der Waals surface area contributed by atoms with Gasteiger partial charge < -0.3 is 15.4 Å². The highest BCUT2D eigenvalue weighted by Crippen LogP contribution is 2.32. The van der Waals surface area contributed by atoms with Gasteiger partial charge in [-0.1, -0.05) is 12.1 Å². The summed E-state index contributed by atoms with van der Waals surface area (Å²) >= 11 is 0. The number of ether oxygens (including phenoxy) is 1. The van der Waals surface area contributed by atoms with Crippen molar-refractivity contribution in [3.8, 4) is 11.4 Å². The molecule has 1 aliphatic heterocycles. The zero-order chi connectivity index (χ0) is 18.1. The third-order valence-electron chi connectivity index (χ3n) is 4.07. The maximum atomic E-state index is 12.7. The summed E-state index contributed by atoms with van der Waals surface area (Å²) < 4.78 is 7.16. The standard InChI is InChI=1S/C19H16N4O3/c1-12-18(24)22-15-11-13(7-8-17(15)26-12)21-19(25)14-5-2-3-6-16(14)23-10-4-9-20-23/h2-12H,1H3,(H,21,25)(H,22,24). The predicted molar refractivity (Wildman–Crippen MR) is 96.7 cm³/mol. The van der Waals surface area contributed by atoms with Crippen LogP contribution in [-0.4, -0.2) is 27.7 Å². The summed E-state index contributed by atoms with van der Waals surface area (Å²) in [5.74, 6) is 0.0875. The fraction of sp³-hybridized carbons (Fsp3) is 0.105. The predicted octanol–water partition coefficient (Wildman–Crippen LogP) is 2.84. The Bertz CT molecular complexity index is 982. The lowest BCUT2D eigenvalue weighted by Crippen LogP contribution is -2.34. The average molecular weight is 348 g/mol. The fourth-order valence-corrected chi connectivity index (χ4v) is 2.76. The van der Waals surface area contributed by atoms with Crippen molar-refractivity contribution in [3.63, 3.8) is 0 Å². The summed E-state index contributed by atoms with van der Waals surface area (Å²) in [6, 6.07) is 14.1. The Labute approximate surface area is 149 Å². The van der Waals surface area contributed by atoms with E-state index in [1.807, 2.05) is 12.1 Å². The average Bonchev–Trinajstić information content (AvgIpc) is 3.17. The number of amides is 2. The van der Waals surface area contributed by atoms with E-state index in [0.717, 1.165) is 0 Å². The molecule has 1 unspecified atom stereocenters. The van der Waals surface area contributed by atoms with Crippen LogP contribution >= 0.6 is 0 Å². The number of nitrogens with one attached hydrogen (secondary N) is 2. The second kappa shape index (κ2) is 6.36. The molecule has 4 rings (SSSR count). The Balaban J connectivity index is 1.60. The number of hydrogen-bond donors (Lipinski definition) is 2. The van der Waals surface area contributed by atoms with E-state index in [1.165, 1.54) is 0 Å². The summed E-state index contributed by atoms with van der Waals surface area (Å²) in [6.07, 6.45) is 2.89. The van der Waals surface area contributed by atoms with Crippen molar-refractivity contribution in [3.05, 3.63) is 66.5 Å². The lowest BCUT2D eigenvalue weighted by Gasteiger charge is -2.23. The molecule has 0 saturated carbocycles. The quantitative estimate of drug-likeness (QED) is 0.762. The van der Waals surface area contributed by atoms with Crippen molar-refractivity contribution >= 4 is 23.2 Å². The molecule has 0 aliphatic carbocycles. The molecule has 7 heteroatoms. The van der Waals surface area contributed by atoms with E-state index in [1.54, 1.807) is 60.4 Å². The SMILES string of the molecule is CC1Oc2ccc(NC(=O)c3ccccc3-n3cccn3)cc2NC1=O. The molecule has 2 amide bonds. The van der Waals surface area contributed by atoms with Gasteiger partial charge in [0.05, 0.1) is 16.9 Å². The lowest BCUT2D eigenvalue weighted by atomic mass is 10.1. The number of hydrogen-bond acceptors (Lipinski definition) is 4. The summed E-state index contributed by atoms with van der Waals surface area (Å²) in [7, 11) is 0. The largest absolute Gasteiger partial charge is 0.479 e. The molecular weight excluding hydrogens is 332 g/mol. The van der Waals surface area contributed by atoms with Gasteiger partial charge in [-0.05, 0) is 43.3 Å². The lowest BCUT2D eigenvalue weighted by molar-refractivity contribution is -0.122. The first-order valence-electron chi connectivity index (χ1n) is 8.14. The molecule has 1 aliphatic rings. The second-order valence-electron chi connectivity index (χ2n) is 5.88. The number of rotatable bonds is 3. The third kappa shape index (κ3) is 2.90. The summed E-state index contributed by atoms with van der Waals surface area (Å²) in [5.41, 5.74) is 2.26. The number of para-hydroxylation sites is 1. The number of benzene rings is 2. The fourth-order valence-electron chi connectivity index (χ4n) is 2.76. The summed E-state index contributed by atoms with van der Waals surface area (Å²) in [4.78, 5) is 24.5. The van der Waals surface area contributed by atoms with Gasteiger partial charge in [0.15, 0.2) is 6.10 Å². The van der Waals surface area contributed by atoms with Crippen molar-refractivity contribution in [1.82, 2.24) is 9.78 Å². The Kier molecular flexibility index (Phi) is 3.89. The van der Waals surface area contributed by atoms with Crippen LogP contribution in [0.3, 0.4) is 0 Å². The van der Waals surface area contributed by atoms with E-state index >= 15 is 0 Å². The Morgan fingerprint density at radius 3 is 2.88 bits per heavy atom. The highest BCUT2D eigenvalue weighted by atomic mass is 16.5. The number of aromatic nitrogens is 2. The normalized spacial score (nSPS) is 15.6. The monoisotopic (exact) mass is 348 g/mol. The number of carbonyl (C=O) groups is 2. The number of fused-ring (bicyclic) bond motifs is 1. The van der Waals surface area contributed by atoms with Gasteiger partial charge in [-0.15, -0.1) is 0 Å². The van der Waals surface area contributed by atoms with Gasteiger partial charge in [0, 0.05) is 18.1 Å². The van der Waals surface area contributed by atoms with Crippen LogP contribution in [0.2, 0.25) is 0 Å². The molecule has 3 aromatic rings. The molecule has 0 fully saturated rings. The summed E-state index contributed by atoms with van der Waals surface area (Å²) in [5, 5.41) is 9.80. The molecule has 0 radical (unpaired) electrons. The van der Waals surface area contributed by atoms with Crippen LogP contribution in [0.15, 0.2) is 60.9 Å². The minimum absolute atomic E-state index is 0.218. The van der Waals surface area contributed by atoms with Gasteiger partial charge in [0.1, 0.15) is 5.75 Å². The topological polar surface area (TPSA) is 85.2 Å². The first kappa shape index (κ1) is 15.9. The van der Waals surface area contributed by atoms with Gasteiger partial charge >= 0.3 is 0 Å². The van der Waals surface area contributed by atoms with Crippen LogP contribution in [0.4, 0.5) is 11.4 Å². The second-order valence-corrected chi connectivity index (χ2v) is 5.88. The molecule has 2 aromatic carbocycles. The first-order chi connectivity index (χ1) is 12.6. The van der Waals surface area contributed by atoms with E-state index in [2.05, 4.69) is 15.7 Å². The molecule has 130 valence electrons. The maximum absolute atomic E-state index is 12.7. The molecule has 2 N–H and O–H groups in total. The number of carbonyl (C=O) groups excluding carboxylic acids is 2. The van der Waals surface area contributed by atoms with Gasteiger partial charge in [-0.2, -0.15) is 5.10 Å². The first-order valence-corrected chi connectivity index (χ1v) is 8.14. The van der Waals surface area contributed by atoms with E-state index in [-0.39, 0.29) is 11.8 Å². The van der Waals surface area contributed by atoms with Gasteiger partial charge in [0.2, 0.25) is 0 Å². The molecule has 1 atom stereocenters. The Hall–Kier alpha value is -3.61. The minimum atomic E-state index is -0.538. The zero-order valence-electron chi connectivity index (χ0n) is 14.0. The smallest absolute Gasteiger partial charge is 0.265 e. The van der Waals surface area contributed by atoms with Gasteiger partial charge in [-0.3, -0.25) is 9.59 Å². The molecule has 26 heavy (non-hydrogen) atoms. The highest BCUT2D eigenvalue weighted by Gasteiger charge is 2.24. The molecule has 7 nitrogen and oxygen atoms in total. The molecule has 1 aromatic heterocycles. The highest BCUT2D eigenvalue weighted by molar-refractivity contribution is 6.07. The van der Waals surface area contributed by atoms with Crippen molar-refractivity contribution < 1.29 is 14.3 Å². The van der Waals surface area contributed by atoms with Crippen LogP contribution in [0.5, 0.6) is 5.75 Å². The minimum Gasteiger partial charge on any atom is -0.479 e. The van der Waals surface area contributed by atoms with E-state index in [9.17, 15) is 9.59 Å². The maximum Gasteiger partial charge on any atom is 0.265 e. The molecule has 0 bridgehead atoms. The van der Waals surface area contributed by atoms with Crippen LogP contribution in [0, 0.1) is 0 Å². The van der Waals surface area contributed by atoms with E-state index in [4.69, 9.17) is 4.74 Å². The van der Waals surface area contributed by atoms with E-state index in [0.29, 0.717) is 28.4 Å². The van der Waals surface area contributed by atoms with Gasteiger partial charge in [0.25, 0.3) is 11.8 Å². The van der Waals surface area contributed by atoms with Crippen LogP contribution < -0.4 is 15.4 Å². The van der Waals surface area contributed by atoms with Crippen molar-refractivity contribution in [1.29, 1.82) is 0 Å². The van der Waals surface area contributed by atoms with Gasteiger partial charge in [-0.25, -0.2) is 4.68 Å². The number of anilines is 2. The van der Waals surface area contributed by atoms with E-state index < -0.39 is 6.10 Å². The molecule has 0 spiro atoms. The van der Waals surface area contributed by atoms with Crippen LogP contribution in [0.25, 0.3) is 5.69 Å². The Morgan fingerprint density at radius 2 is 2.08 bits per heavy atom. The summed E-state index contributed by atoms with van der Waals surface area (Å²) in [6.45, 7) is 1.68. The molecule has 0 saturated heterocycles. The van der Waals surface area contributed by atoms with Crippen molar-refractivity contribution in [2.75, 3.05) is 10.6 Å². The zero-order valence-corrected chi connectivity index (χ0v) is 14.0. The van der Waals surface area contributed by atoms with Crippen molar-refractivity contribution in [2.45, 2.75) is 13.0 Å². The van der Waals surface area contributed by atoms with Crippen LogP contribution in [0.1, 0.15) is 17.3 Å². The molecule has 2 heterocycles. The van der Waals surface area contributed by atoms with Crippen molar-refractivity contribution in [2.24, 2.45) is 0 Å². The van der Waals surface area contributed by atoms with Crippen LogP contribution in [-0.2, 0) is 4.79 Å². The third-order valence-corrected chi connectivity index (χ3v) is 4.07. The Morgan fingerprint density at radius 1 is 1.23 bits per heavy atom. The molecular formula is C19H16N4O3.